The molecule has 0 spiro atoms. The molecule has 0 N–H and O–H groups in total. The molecule has 6 heteroatoms. The van der Waals surface area contributed by atoms with Crippen LogP contribution in [0.25, 0.3) is 0 Å². The molecule has 1 aliphatic heterocycles. The van der Waals surface area contributed by atoms with Gasteiger partial charge in [0.25, 0.3) is 0 Å². The molecule has 1 aromatic carbocycles. The van der Waals surface area contributed by atoms with Gasteiger partial charge < -0.3 is 14.2 Å². The lowest BCUT2D eigenvalue weighted by molar-refractivity contribution is -0.141. The Morgan fingerprint density at radius 2 is 2.21 bits per heavy atom. The minimum atomic E-state index is -1.49. The number of piperidine rings is 1. The van der Waals surface area contributed by atoms with Crippen LogP contribution in [0.4, 0.5) is 4.39 Å². The zero-order valence-electron chi connectivity index (χ0n) is 13.7. The summed E-state index contributed by atoms with van der Waals surface area (Å²) in [4.78, 5) is 13.8. The standard InChI is InChI=1S/C18H21FN2O3/c1-14-10-16(20-24-14)11-23-12-17(22)21-9-5-8-18(19,13-21)15-6-3-2-4-7-15/h2-4,6-7,10H,5,8-9,11-13H2,1H3. The minimum Gasteiger partial charge on any atom is -0.365 e. The van der Waals surface area contributed by atoms with Crippen molar-refractivity contribution < 1.29 is 18.4 Å². The third-order valence-electron chi connectivity index (χ3n) is 4.24. The van der Waals surface area contributed by atoms with Crippen molar-refractivity contribution in [2.75, 3.05) is 19.7 Å². The van der Waals surface area contributed by atoms with Gasteiger partial charge in [0.2, 0.25) is 5.91 Å². The molecule has 0 saturated carbocycles. The molecule has 24 heavy (non-hydrogen) atoms. The number of amides is 1. The lowest BCUT2D eigenvalue weighted by atomic mass is 9.87. The minimum absolute atomic E-state index is 0.0717. The Morgan fingerprint density at radius 1 is 1.42 bits per heavy atom. The summed E-state index contributed by atoms with van der Waals surface area (Å²) in [5, 5.41) is 3.80. The average Bonchev–Trinajstić information content (AvgIpc) is 3.01. The first kappa shape index (κ1) is 16.6. The average molecular weight is 332 g/mol. The number of hydrogen-bond donors (Lipinski definition) is 0. The maximum atomic E-state index is 15.2. The summed E-state index contributed by atoms with van der Waals surface area (Å²) in [6.45, 7) is 2.54. The monoisotopic (exact) mass is 332 g/mol. The third-order valence-corrected chi connectivity index (χ3v) is 4.24. The van der Waals surface area contributed by atoms with E-state index in [2.05, 4.69) is 5.16 Å². The van der Waals surface area contributed by atoms with Crippen LogP contribution in [0.1, 0.15) is 29.9 Å². The second-order valence-electron chi connectivity index (χ2n) is 6.17. The van der Waals surface area contributed by atoms with Gasteiger partial charge >= 0.3 is 0 Å². The van der Waals surface area contributed by atoms with E-state index in [-0.39, 0.29) is 25.7 Å². The summed E-state index contributed by atoms with van der Waals surface area (Å²) < 4.78 is 25.6. The van der Waals surface area contributed by atoms with Crippen molar-refractivity contribution in [2.24, 2.45) is 0 Å². The van der Waals surface area contributed by atoms with Crippen LogP contribution in [0.3, 0.4) is 0 Å². The van der Waals surface area contributed by atoms with Gasteiger partial charge in [-0.1, -0.05) is 35.5 Å². The van der Waals surface area contributed by atoms with Crippen LogP contribution in [0.15, 0.2) is 40.9 Å². The summed E-state index contributed by atoms with van der Waals surface area (Å²) in [6.07, 6.45) is 1.07. The van der Waals surface area contributed by atoms with Crippen LogP contribution in [0.2, 0.25) is 0 Å². The molecule has 2 aromatic rings. The molecule has 1 saturated heterocycles. The number of ether oxygens (including phenoxy) is 1. The number of aryl methyl sites for hydroxylation is 1. The SMILES string of the molecule is Cc1cc(COCC(=O)N2CCCC(F)(c3ccccc3)C2)no1. The van der Waals surface area contributed by atoms with Gasteiger partial charge in [-0.15, -0.1) is 0 Å². The molecule has 1 unspecified atom stereocenters. The van der Waals surface area contributed by atoms with Crippen LogP contribution in [-0.2, 0) is 21.8 Å². The van der Waals surface area contributed by atoms with Crippen molar-refractivity contribution in [3.8, 4) is 0 Å². The number of aromatic nitrogens is 1. The van der Waals surface area contributed by atoms with Crippen molar-refractivity contribution in [3.63, 3.8) is 0 Å². The van der Waals surface area contributed by atoms with E-state index in [0.29, 0.717) is 36.4 Å². The quantitative estimate of drug-likeness (QED) is 0.845. The number of benzene rings is 1. The molecular formula is C18H21FN2O3. The van der Waals surface area contributed by atoms with Gasteiger partial charge in [-0.25, -0.2) is 4.39 Å². The van der Waals surface area contributed by atoms with Gasteiger partial charge in [-0.3, -0.25) is 4.79 Å². The third kappa shape index (κ3) is 3.82. The highest BCUT2D eigenvalue weighted by atomic mass is 19.1. The van der Waals surface area contributed by atoms with Gasteiger partial charge in [0.1, 0.15) is 18.1 Å². The molecule has 0 radical (unpaired) electrons. The van der Waals surface area contributed by atoms with E-state index in [0.717, 1.165) is 0 Å². The summed E-state index contributed by atoms with van der Waals surface area (Å²) in [7, 11) is 0. The van der Waals surface area contributed by atoms with E-state index in [1.807, 2.05) is 18.2 Å². The Balaban J connectivity index is 1.55. The van der Waals surface area contributed by atoms with E-state index in [9.17, 15) is 4.79 Å². The summed E-state index contributed by atoms with van der Waals surface area (Å²) >= 11 is 0. The van der Waals surface area contributed by atoms with Gasteiger partial charge in [0.15, 0.2) is 5.67 Å². The molecule has 1 aromatic heterocycles. The van der Waals surface area contributed by atoms with Crippen LogP contribution in [-0.4, -0.2) is 35.7 Å². The largest absolute Gasteiger partial charge is 0.365 e. The van der Waals surface area contributed by atoms with E-state index in [4.69, 9.17) is 9.26 Å². The van der Waals surface area contributed by atoms with E-state index < -0.39 is 5.67 Å². The molecule has 2 heterocycles. The van der Waals surface area contributed by atoms with Crippen molar-refractivity contribution in [3.05, 3.63) is 53.4 Å². The van der Waals surface area contributed by atoms with Crippen LogP contribution in [0.5, 0.6) is 0 Å². The summed E-state index contributed by atoms with van der Waals surface area (Å²) in [5.74, 6) is 0.494. The fourth-order valence-electron chi connectivity index (χ4n) is 3.02. The Kier molecular flexibility index (Phi) is 4.94. The molecule has 3 rings (SSSR count). The molecule has 0 bridgehead atoms. The second-order valence-corrected chi connectivity index (χ2v) is 6.17. The van der Waals surface area contributed by atoms with Crippen LogP contribution >= 0.6 is 0 Å². The lowest BCUT2D eigenvalue weighted by Gasteiger charge is -2.37. The highest BCUT2D eigenvalue weighted by Gasteiger charge is 2.38. The molecular weight excluding hydrogens is 311 g/mol. The van der Waals surface area contributed by atoms with E-state index in [1.54, 1.807) is 30.0 Å². The molecule has 1 amide bonds. The summed E-state index contributed by atoms with van der Waals surface area (Å²) in [5.41, 5.74) is -0.220. The normalized spacial score (nSPS) is 21.0. The molecule has 1 fully saturated rings. The molecule has 128 valence electrons. The number of alkyl halides is 1. The maximum Gasteiger partial charge on any atom is 0.248 e. The number of halogens is 1. The van der Waals surface area contributed by atoms with Crippen LogP contribution < -0.4 is 0 Å². The lowest BCUT2D eigenvalue weighted by Crippen LogP contribution is -2.47. The fourth-order valence-corrected chi connectivity index (χ4v) is 3.02. The van der Waals surface area contributed by atoms with Crippen molar-refractivity contribution >= 4 is 5.91 Å². The molecule has 1 aliphatic rings. The highest BCUT2D eigenvalue weighted by molar-refractivity contribution is 5.77. The number of nitrogens with zero attached hydrogens (tertiary/aromatic N) is 2. The number of carbonyl (C=O) groups is 1. The fraction of sp³-hybridized carbons (Fsp3) is 0.444. The smallest absolute Gasteiger partial charge is 0.248 e. The highest BCUT2D eigenvalue weighted by Crippen LogP contribution is 2.35. The van der Waals surface area contributed by atoms with Crippen molar-refractivity contribution in [1.82, 2.24) is 10.1 Å². The zero-order chi connectivity index (χ0) is 17.0. The second kappa shape index (κ2) is 7.13. The molecule has 5 nitrogen and oxygen atoms in total. The van der Waals surface area contributed by atoms with Gasteiger partial charge in [0, 0.05) is 12.6 Å². The molecule has 0 aliphatic carbocycles. The van der Waals surface area contributed by atoms with E-state index in [1.165, 1.54) is 0 Å². The van der Waals surface area contributed by atoms with Gasteiger partial charge in [-0.2, -0.15) is 0 Å². The topological polar surface area (TPSA) is 55.6 Å². The summed E-state index contributed by atoms with van der Waals surface area (Å²) in [6, 6.07) is 10.8. The predicted molar refractivity (Wildman–Crippen MR) is 85.9 cm³/mol. The van der Waals surface area contributed by atoms with Crippen LogP contribution in [0, 0.1) is 6.92 Å². The number of carbonyl (C=O) groups excluding carboxylic acids is 1. The van der Waals surface area contributed by atoms with Gasteiger partial charge in [0.05, 0.1) is 13.2 Å². The Labute approximate surface area is 140 Å². The van der Waals surface area contributed by atoms with E-state index >= 15 is 4.39 Å². The maximum absolute atomic E-state index is 15.2. The number of likely N-dealkylation sites (tertiary alicyclic amines) is 1. The Morgan fingerprint density at radius 3 is 2.92 bits per heavy atom. The Bertz CT molecular complexity index is 689. The predicted octanol–water partition coefficient (Wildman–Crippen LogP) is 2.99. The van der Waals surface area contributed by atoms with Gasteiger partial charge in [-0.05, 0) is 25.3 Å². The van der Waals surface area contributed by atoms with Crippen molar-refractivity contribution in [2.45, 2.75) is 32.0 Å². The first-order chi connectivity index (χ1) is 11.6. The number of rotatable bonds is 5. The molecule has 1 atom stereocenters. The Hall–Kier alpha value is -2.21. The van der Waals surface area contributed by atoms with Crippen molar-refractivity contribution in [1.29, 1.82) is 0 Å². The number of hydrogen-bond acceptors (Lipinski definition) is 4. The first-order valence-corrected chi connectivity index (χ1v) is 8.09. The first-order valence-electron chi connectivity index (χ1n) is 8.09. The zero-order valence-corrected chi connectivity index (χ0v) is 13.7.